The summed E-state index contributed by atoms with van der Waals surface area (Å²) in [7, 11) is 2.14. The van der Waals surface area contributed by atoms with Crippen molar-refractivity contribution in [3.63, 3.8) is 0 Å². The fourth-order valence-corrected chi connectivity index (χ4v) is 5.14. The van der Waals surface area contributed by atoms with Gasteiger partial charge in [-0.3, -0.25) is 0 Å². The van der Waals surface area contributed by atoms with Crippen molar-refractivity contribution in [3.05, 3.63) is 35.4 Å². The van der Waals surface area contributed by atoms with Crippen molar-refractivity contribution in [1.29, 1.82) is 0 Å². The van der Waals surface area contributed by atoms with Crippen LogP contribution < -0.4 is 4.74 Å². The lowest BCUT2D eigenvalue weighted by Gasteiger charge is -2.56. The maximum Gasteiger partial charge on any atom is 0.165 e. The fraction of sp³-hybridized carbons (Fsp3) is 0.529. The first kappa shape index (κ1) is 11.1. The molecule has 1 saturated heterocycles. The number of aliphatic hydroxyl groups excluding tert-OH is 1. The molecule has 0 amide bonds. The lowest BCUT2D eigenvalue weighted by Crippen LogP contribution is -2.64. The minimum absolute atomic E-state index is 0.0378. The van der Waals surface area contributed by atoms with Crippen LogP contribution in [-0.4, -0.2) is 47.0 Å². The molecule has 2 bridgehead atoms. The number of phenols is 1. The van der Waals surface area contributed by atoms with Gasteiger partial charge in [-0.2, -0.15) is 0 Å². The SMILES string of the molecule is [3H]c1cc(O)c2c3c1C[C@@H]1[C@@H]4C=C[C@H](O)[C@H](O2)[C@]34CCN1C. The quantitative estimate of drug-likeness (QED) is 0.704. The number of ether oxygens (including phenoxy) is 1. The molecule has 4 aliphatic rings. The van der Waals surface area contributed by atoms with E-state index in [0.717, 1.165) is 30.5 Å². The average Bonchev–Trinajstić information content (AvgIpc) is 2.83. The van der Waals surface area contributed by atoms with E-state index in [2.05, 4.69) is 18.0 Å². The molecule has 1 fully saturated rings. The number of phenolic OH excluding ortho intramolecular Hbond substituents is 1. The van der Waals surface area contributed by atoms with Gasteiger partial charge < -0.3 is 19.8 Å². The van der Waals surface area contributed by atoms with Crippen molar-refractivity contribution in [2.75, 3.05) is 13.6 Å². The molecular formula is C17H19NO3. The molecule has 2 heterocycles. The van der Waals surface area contributed by atoms with Crippen LogP contribution in [0.2, 0.25) is 0 Å². The number of benzene rings is 1. The van der Waals surface area contributed by atoms with Crippen LogP contribution in [0, 0.1) is 5.92 Å². The maximum absolute atomic E-state index is 10.5. The number of likely N-dealkylation sites (N-methyl/N-ethyl adjacent to an activating group) is 1. The second-order valence-electron chi connectivity index (χ2n) is 6.84. The Balaban J connectivity index is 1.87. The molecule has 0 unspecified atom stereocenters. The molecule has 0 radical (unpaired) electrons. The van der Waals surface area contributed by atoms with Crippen LogP contribution >= 0.6 is 0 Å². The molecule has 5 rings (SSSR count). The monoisotopic (exact) mass is 287 g/mol. The Morgan fingerprint density at radius 1 is 1.48 bits per heavy atom. The van der Waals surface area contributed by atoms with Gasteiger partial charge >= 0.3 is 0 Å². The molecule has 1 spiro atoms. The highest BCUT2D eigenvalue weighted by Gasteiger charge is 2.64. The van der Waals surface area contributed by atoms with E-state index in [1.807, 2.05) is 6.08 Å². The minimum atomic E-state index is -0.660. The zero-order valence-corrected chi connectivity index (χ0v) is 11.9. The maximum atomic E-state index is 10.5. The normalized spacial score (nSPS) is 43.2. The predicted molar refractivity (Wildman–Crippen MR) is 77.6 cm³/mol. The van der Waals surface area contributed by atoms with Crippen LogP contribution in [0.15, 0.2) is 24.3 Å². The Morgan fingerprint density at radius 3 is 3.19 bits per heavy atom. The van der Waals surface area contributed by atoms with Gasteiger partial charge in [0.2, 0.25) is 0 Å². The molecule has 0 saturated carbocycles. The first-order valence-corrected chi connectivity index (χ1v) is 7.63. The molecule has 2 aliphatic heterocycles. The average molecular weight is 287 g/mol. The Bertz CT molecular complexity index is 718. The number of aromatic hydroxyl groups is 1. The van der Waals surface area contributed by atoms with Gasteiger partial charge in [0.25, 0.3) is 0 Å². The van der Waals surface area contributed by atoms with Gasteiger partial charge in [-0.15, -0.1) is 0 Å². The summed E-state index contributed by atoms with van der Waals surface area (Å²) < 4.78 is 14.3. The van der Waals surface area contributed by atoms with Gasteiger partial charge in [-0.05, 0) is 38.1 Å². The van der Waals surface area contributed by atoms with Crippen molar-refractivity contribution in [2.24, 2.45) is 5.92 Å². The number of hydrogen-bond donors (Lipinski definition) is 2. The molecule has 1 aromatic rings. The van der Waals surface area contributed by atoms with Gasteiger partial charge in [0, 0.05) is 22.9 Å². The molecular weight excluding hydrogens is 266 g/mol. The molecule has 4 nitrogen and oxygen atoms in total. The minimum Gasteiger partial charge on any atom is -0.504 e. The summed E-state index contributed by atoms with van der Waals surface area (Å²) >= 11 is 0. The van der Waals surface area contributed by atoms with Crippen LogP contribution in [0.25, 0.3) is 0 Å². The Morgan fingerprint density at radius 2 is 2.33 bits per heavy atom. The van der Waals surface area contributed by atoms with E-state index in [1.54, 1.807) is 0 Å². The van der Waals surface area contributed by atoms with Gasteiger partial charge in [0.1, 0.15) is 12.2 Å². The third-order valence-corrected chi connectivity index (χ3v) is 6.06. The molecule has 0 aromatic heterocycles. The largest absolute Gasteiger partial charge is 0.504 e. The second kappa shape index (κ2) is 3.62. The van der Waals surface area contributed by atoms with Crippen LogP contribution in [0.5, 0.6) is 11.5 Å². The van der Waals surface area contributed by atoms with E-state index < -0.39 is 6.10 Å². The Kier molecular flexibility index (Phi) is 1.92. The van der Waals surface area contributed by atoms with Crippen molar-refractivity contribution in [1.82, 2.24) is 4.90 Å². The summed E-state index contributed by atoms with van der Waals surface area (Å²) in [6, 6.07) is 2.20. The number of likely N-dealkylation sites (tertiary alicyclic amines) is 1. The van der Waals surface area contributed by atoms with Crippen LogP contribution in [0.4, 0.5) is 0 Å². The van der Waals surface area contributed by atoms with Gasteiger partial charge in [0.15, 0.2) is 11.5 Å². The van der Waals surface area contributed by atoms with E-state index in [-0.39, 0.29) is 23.2 Å². The molecule has 21 heavy (non-hydrogen) atoms. The molecule has 2 N–H and O–H groups in total. The van der Waals surface area contributed by atoms with Crippen LogP contribution in [0.3, 0.4) is 0 Å². The lowest BCUT2D eigenvalue weighted by molar-refractivity contribution is -0.0453. The summed E-state index contributed by atoms with van der Waals surface area (Å²) in [5.41, 5.74) is 1.70. The smallest absolute Gasteiger partial charge is 0.165 e. The summed E-state index contributed by atoms with van der Waals surface area (Å²) in [6.45, 7) is 0.948. The van der Waals surface area contributed by atoms with Crippen molar-refractivity contribution >= 4 is 0 Å². The molecule has 1 aromatic carbocycles. The van der Waals surface area contributed by atoms with Crippen LogP contribution in [0.1, 0.15) is 18.9 Å². The highest BCUT2D eigenvalue weighted by atomic mass is 16.5. The van der Waals surface area contributed by atoms with E-state index in [0.29, 0.717) is 17.8 Å². The van der Waals surface area contributed by atoms with Gasteiger partial charge in [-0.1, -0.05) is 18.2 Å². The molecule has 110 valence electrons. The molecule has 5 atom stereocenters. The highest BCUT2D eigenvalue weighted by molar-refractivity contribution is 5.61. The molecule has 4 heteroatoms. The standard InChI is InChI=1S/C17H19NO3/c1-18-7-6-17-10-3-5-13(20)16(17)21-15-12(19)4-2-9(14(15)17)8-11(10)18/h2-5,10-11,13,16,19-20H,6-8H2,1H3/t10-,11+,13-,16-,17-/m0/s1/i2T. The Hall–Kier alpha value is -1.52. The van der Waals surface area contributed by atoms with Crippen molar-refractivity contribution in [3.8, 4) is 11.5 Å². The molecule has 2 aliphatic carbocycles. The predicted octanol–water partition coefficient (Wildman–Crippen LogP) is 1.20. The zero-order valence-electron chi connectivity index (χ0n) is 12.9. The third-order valence-electron chi connectivity index (χ3n) is 6.06. The van der Waals surface area contributed by atoms with Gasteiger partial charge in [-0.25, -0.2) is 0 Å². The first-order chi connectivity index (χ1) is 10.5. The topological polar surface area (TPSA) is 52.9 Å². The fourth-order valence-electron chi connectivity index (χ4n) is 5.14. The zero-order chi connectivity index (χ0) is 15.2. The first-order valence-electron chi connectivity index (χ1n) is 8.13. The van der Waals surface area contributed by atoms with Gasteiger partial charge in [0.05, 0.1) is 1.37 Å². The van der Waals surface area contributed by atoms with Crippen molar-refractivity contribution < 1.29 is 16.3 Å². The summed E-state index contributed by atoms with van der Waals surface area (Å²) in [5.74, 6) is 0.817. The summed E-state index contributed by atoms with van der Waals surface area (Å²) in [4.78, 5) is 2.36. The second-order valence-corrected chi connectivity index (χ2v) is 6.84. The number of rotatable bonds is 0. The Labute approximate surface area is 125 Å². The van der Waals surface area contributed by atoms with E-state index in [9.17, 15) is 10.2 Å². The number of hydrogen-bond acceptors (Lipinski definition) is 4. The van der Waals surface area contributed by atoms with E-state index in [4.69, 9.17) is 6.11 Å². The van der Waals surface area contributed by atoms with Crippen molar-refractivity contribution in [2.45, 2.75) is 36.5 Å². The third kappa shape index (κ3) is 1.21. The summed E-state index contributed by atoms with van der Waals surface area (Å²) in [6.07, 6.45) is 4.67. The summed E-state index contributed by atoms with van der Waals surface area (Å²) in [5, 5.41) is 20.7. The number of aliphatic hydroxyl groups is 1. The number of nitrogens with zero attached hydrogens (tertiary/aromatic N) is 1. The van der Waals surface area contributed by atoms with Crippen LogP contribution in [-0.2, 0) is 11.8 Å². The highest BCUT2D eigenvalue weighted by Crippen LogP contribution is 2.62. The van der Waals surface area contributed by atoms with E-state index >= 15 is 0 Å². The number of piperidine rings is 1. The lowest BCUT2D eigenvalue weighted by atomic mass is 9.53. The van der Waals surface area contributed by atoms with E-state index in [1.165, 1.54) is 6.07 Å².